The maximum absolute atomic E-state index is 5.66. The van der Waals surface area contributed by atoms with Gasteiger partial charge in [-0.25, -0.2) is 0 Å². The highest BCUT2D eigenvalue weighted by atomic mass is 32.1. The van der Waals surface area contributed by atoms with Crippen LogP contribution in [-0.2, 0) is 0 Å². The third-order valence-electron chi connectivity index (χ3n) is 3.92. The summed E-state index contributed by atoms with van der Waals surface area (Å²) in [7, 11) is 0. The van der Waals surface area contributed by atoms with Crippen molar-refractivity contribution in [3.63, 3.8) is 0 Å². The SMILES string of the molecule is CCOc1ccc(/C=N\n2c(C(CC)CC)n[nH]c2=S)cc1OCC. The minimum absolute atomic E-state index is 0.324. The molecule has 7 heteroatoms. The van der Waals surface area contributed by atoms with Crippen LogP contribution in [0.3, 0.4) is 0 Å². The lowest BCUT2D eigenvalue weighted by atomic mass is 10.0. The second-order valence-corrected chi connectivity index (χ2v) is 5.92. The minimum Gasteiger partial charge on any atom is -0.490 e. The summed E-state index contributed by atoms with van der Waals surface area (Å²) < 4.78 is 13.4. The molecule has 1 aromatic carbocycles. The first kappa shape index (κ1) is 19.2. The Morgan fingerprint density at radius 2 is 1.84 bits per heavy atom. The van der Waals surface area contributed by atoms with Crippen molar-refractivity contribution in [3.8, 4) is 11.5 Å². The van der Waals surface area contributed by atoms with Gasteiger partial charge >= 0.3 is 0 Å². The largest absolute Gasteiger partial charge is 0.490 e. The standard InChI is InChI=1S/C18H26N4O2S/c1-5-14(6-2)17-20-21-18(25)22(17)19-12-13-9-10-15(23-7-3)16(11-13)24-8-4/h9-12,14H,5-8H2,1-4H3,(H,21,25)/b19-12-. The molecule has 25 heavy (non-hydrogen) atoms. The van der Waals surface area contributed by atoms with Gasteiger partial charge in [0.15, 0.2) is 17.3 Å². The highest BCUT2D eigenvalue weighted by Gasteiger charge is 2.15. The molecule has 1 aromatic heterocycles. The first-order chi connectivity index (χ1) is 12.1. The van der Waals surface area contributed by atoms with Crippen LogP contribution < -0.4 is 9.47 Å². The predicted octanol–water partition coefficient (Wildman–Crippen LogP) is 4.52. The first-order valence-corrected chi connectivity index (χ1v) is 9.16. The Bertz CT molecular complexity index is 763. The smallest absolute Gasteiger partial charge is 0.216 e. The molecule has 0 atom stereocenters. The fourth-order valence-electron chi connectivity index (χ4n) is 2.61. The lowest BCUT2D eigenvalue weighted by Crippen LogP contribution is -2.05. The van der Waals surface area contributed by atoms with E-state index in [9.17, 15) is 0 Å². The van der Waals surface area contributed by atoms with Crippen LogP contribution in [0.25, 0.3) is 0 Å². The third kappa shape index (κ3) is 4.69. The van der Waals surface area contributed by atoms with Gasteiger partial charge in [0.2, 0.25) is 4.77 Å². The molecular formula is C18H26N4O2S. The molecule has 136 valence electrons. The molecule has 0 saturated carbocycles. The van der Waals surface area contributed by atoms with Crippen molar-refractivity contribution in [2.75, 3.05) is 13.2 Å². The molecular weight excluding hydrogens is 336 g/mol. The van der Waals surface area contributed by atoms with Crippen molar-refractivity contribution >= 4 is 18.4 Å². The Balaban J connectivity index is 2.32. The monoisotopic (exact) mass is 362 g/mol. The van der Waals surface area contributed by atoms with Crippen LogP contribution in [-0.4, -0.2) is 34.3 Å². The molecule has 0 aliphatic rings. The van der Waals surface area contributed by atoms with Crippen molar-refractivity contribution in [2.24, 2.45) is 5.10 Å². The lowest BCUT2D eigenvalue weighted by molar-refractivity contribution is 0.288. The average Bonchev–Trinajstić information content (AvgIpc) is 2.97. The van der Waals surface area contributed by atoms with E-state index in [0.29, 0.717) is 29.7 Å². The molecule has 0 radical (unpaired) electrons. The van der Waals surface area contributed by atoms with Gasteiger partial charge in [-0.05, 0) is 62.7 Å². The van der Waals surface area contributed by atoms with Gasteiger partial charge in [-0.15, -0.1) is 0 Å². The number of aromatic amines is 1. The molecule has 1 N–H and O–H groups in total. The Morgan fingerprint density at radius 1 is 1.16 bits per heavy atom. The molecule has 0 saturated heterocycles. The summed E-state index contributed by atoms with van der Waals surface area (Å²) in [4.78, 5) is 0. The summed E-state index contributed by atoms with van der Waals surface area (Å²) >= 11 is 5.31. The average molecular weight is 362 g/mol. The number of rotatable bonds is 9. The topological polar surface area (TPSA) is 64.4 Å². The summed E-state index contributed by atoms with van der Waals surface area (Å²) in [5, 5.41) is 11.7. The zero-order valence-electron chi connectivity index (χ0n) is 15.3. The molecule has 0 spiro atoms. The Kier molecular flexibility index (Phi) is 7.18. The maximum Gasteiger partial charge on any atom is 0.216 e. The fraction of sp³-hybridized carbons (Fsp3) is 0.500. The zero-order chi connectivity index (χ0) is 18.2. The Morgan fingerprint density at radius 3 is 2.48 bits per heavy atom. The van der Waals surface area contributed by atoms with Gasteiger partial charge in [0.25, 0.3) is 0 Å². The van der Waals surface area contributed by atoms with Gasteiger partial charge in [-0.3, -0.25) is 5.10 Å². The number of H-pyrrole nitrogens is 1. The number of hydrogen-bond acceptors (Lipinski definition) is 5. The number of nitrogens with zero attached hydrogens (tertiary/aromatic N) is 3. The quantitative estimate of drug-likeness (QED) is 0.526. The summed E-state index contributed by atoms with van der Waals surface area (Å²) in [6.07, 6.45) is 3.74. The molecule has 6 nitrogen and oxygen atoms in total. The number of aromatic nitrogens is 3. The molecule has 0 unspecified atom stereocenters. The van der Waals surface area contributed by atoms with Gasteiger partial charge in [-0.2, -0.15) is 14.9 Å². The molecule has 0 bridgehead atoms. The van der Waals surface area contributed by atoms with Gasteiger partial charge in [0, 0.05) is 5.92 Å². The van der Waals surface area contributed by atoms with Gasteiger partial charge < -0.3 is 9.47 Å². The van der Waals surface area contributed by atoms with E-state index >= 15 is 0 Å². The van der Waals surface area contributed by atoms with Crippen molar-refractivity contribution in [1.82, 2.24) is 14.9 Å². The molecule has 0 aliphatic heterocycles. The third-order valence-corrected chi connectivity index (χ3v) is 4.18. The van der Waals surface area contributed by atoms with E-state index < -0.39 is 0 Å². The second-order valence-electron chi connectivity index (χ2n) is 5.53. The lowest BCUT2D eigenvalue weighted by Gasteiger charge is -2.11. The number of ether oxygens (including phenoxy) is 2. The molecule has 0 aliphatic carbocycles. The van der Waals surface area contributed by atoms with Crippen LogP contribution in [0.1, 0.15) is 57.8 Å². The van der Waals surface area contributed by atoms with Crippen LogP contribution in [0.5, 0.6) is 11.5 Å². The van der Waals surface area contributed by atoms with Crippen LogP contribution in [0.4, 0.5) is 0 Å². The number of nitrogens with one attached hydrogen (secondary N) is 1. The van der Waals surface area contributed by atoms with Gasteiger partial charge in [0.1, 0.15) is 0 Å². The van der Waals surface area contributed by atoms with E-state index in [4.69, 9.17) is 21.7 Å². The van der Waals surface area contributed by atoms with E-state index in [1.165, 1.54) is 0 Å². The van der Waals surface area contributed by atoms with Crippen LogP contribution in [0, 0.1) is 4.77 Å². The predicted molar refractivity (Wildman–Crippen MR) is 103 cm³/mol. The number of hydrogen-bond donors (Lipinski definition) is 1. The van der Waals surface area contributed by atoms with E-state index in [-0.39, 0.29) is 0 Å². The summed E-state index contributed by atoms with van der Waals surface area (Å²) in [6.45, 7) is 9.35. The van der Waals surface area contributed by atoms with Crippen molar-refractivity contribution in [3.05, 3.63) is 34.4 Å². The minimum atomic E-state index is 0.324. The van der Waals surface area contributed by atoms with E-state index in [0.717, 1.165) is 30.0 Å². The van der Waals surface area contributed by atoms with E-state index in [1.54, 1.807) is 10.9 Å². The molecule has 2 aromatic rings. The number of benzene rings is 1. The molecule has 0 fully saturated rings. The van der Waals surface area contributed by atoms with Crippen LogP contribution >= 0.6 is 12.2 Å². The van der Waals surface area contributed by atoms with Crippen molar-refractivity contribution in [1.29, 1.82) is 0 Å². The normalized spacial score (nSPS) is 11.4. The van der Waals surface area contributed by atoms with Gasteiger partial charge in [0.05, 0.1) is 19.4 Å². The highest BCUT2D eigenvalue weighted by molar-refractivity contribution is 7.71. The Labute approximate surface area is 153 Å². The van der Waals surface area contributed by atoms with Crippen molar-refractivity contribution in [2.45, 2.75) is 46.5 Å². The maximum atomic E-state index is 5.66. The second kappa shape index (κ2) is 9.36. The fourth-order valence-corrected chi connectivity index (χ4v) is 2.79. The summed E-state index contributed by atoms with van der Waals surface area (Å²) in [6, 6.07) is 5.75. The van der Waals surface area contributed by atoms with E-state index in [2.05, 4.69) is 29.1 Å². The zero-order valence-corrected chi connectivity index (χ0v) is 16.1. The molecule has 0 amide bonds. The Hall–Kier alpha value is -2.15. The first-order valence-electron chi connectivity index (χ1n) is 8.75. The van der Waals surface area contributed by atoms with Crippen molar-refractivity contribution < 1.29 is 9.47 Å². The van der Waals surface area contributed by atoms with Gasteiger partial charge in [-0.1, -0.05) is 13.8 Å². The molecule has 1 heterocycles. The summed E-state index contributed by atoms with van der Waals surface area (Å²) in [5.41, 5.74) is 0.908. The molecule has 2 rings (SSSR count). The van der Waals surface area contributed by atoms with E-state index in [1.807, 2.05) is 32.0 Å². The highest BCUT2D eigenvalue weighted by Crippen LogP contribution is 2.28. The summed E-state index contributed by atoms with van der Waals surface area (Å²) in [5.74, 6) is 2.63. The van der Waals surface area contributed by atoms with Crippen LogP contribution in [0.2, 0.25) is 0 Å². The van der Waals surface area contributed by atoms with Crippen LogP contribution in [0.15, 0.2) is 23.3 Å².